The lowest BCUT2D eigenvalue weighted by molar-refractivity contribution is 0.760. The molecule has 0 aliphatic heterocycles. The van der Waals surface area contributed by atoms with Gasteiger partial charge < -0.3 is 0 Å². The molecule has 0 heterocycles. The van der Waals surface area contributed by atoms with Gasteiger partial charge in [0.2, 0.25) is 0 Å². The van der Waals surface area contributed by atoms with Gasteiger partial charge >= 0.3 is 0 Å². The normalized spacial score (nSPS) is 12.4. The first-order valence-corrected chi connectivity index (χ1v) is 6.19. The van der Waals surface area contributed by atoms with E-state index in [1.165, 1.54) is 38.5 Å². The fourth-order valence-corrected chi connectivity index (χ4v) is 1.24. The van der Waals surface area contributed by atoms with Gasteiger partial charge in [0.1, 0.15) is 0 Å². The van der Waals surface area contributed by atoms with Gasteiger partial charge in [-0.15, -0.1) is 0 Å². The van der Waals surface area contributed by atoms with E-state index in [9.17, 15) is 0 Å². The van der Waals surface area contributed by atoms with Crippen LogP contribution in [0.4, 0.5) is 0 Å². The van der Waals surface area contributed by atoms with E-state index in [1.807, 2.05) is 0 Å². The molecular formula is C15H25. The third-order valence-electron chi connectivity index (χ3n) is 2.20. The average molecular weight is 205 g/mol. The summed E-state index contributed by atoms with van der Waals surface area (Å²) in [7, 11) is 0. The highest BCUT2D eigenvalue weighted by atomic mass is 13.9. The largest absolute Gasteiger partial charge is 0.0845 e. The Bertz CT molecular complexity index is 184. The molecule has 0 saturated carbocycles. The Morgan fingerprint density at radius 2 is 1.40 bits per heavy atom. The molecule has 0 rings (SSSR count). The van der Waals surface area contributed by atoms with Crippen LogP contribution in [0.2, 0.25) is 0 Å². The van der Waals surface area contributed by atoms with Crippen LogP contribution in [-0.4, -0.2) is 0 Å². The van der Waals surface area contributed by atoms with Crippen molar-refractivity contribution in [3.05, 3.63) is 43.4 Å². The van der Waals surface area contributed by atoms with E-state index in [4.69, 9.17) is 0 Å². The smallest absolute Gasteiger partial charge is 0.0348 e. The van der Waals surface area contributed by atoms with Crippen LogP contribution in [0.1, 0.15) is 51.9 Å². The van der Waals surface area contributed by atoms with Gasteiger partial charge in [-0.2, -0.15) is 0 Å². The zero-order valence-electron chi connectivity index (χ0n) is 10.1. The van der Waals surface area contributed by atoms with Crippen LogP contribution in [0.25, 0.3) is 0 Å². The summed E-state index contributed by atoms with van der Waals surface area (Å²) < 4.78 is 0. The maximum absolute atomic E-state index is 3.82. The van der Waals surface area contributed by atoms with Crippen molar-refractivity contribution in [1.82, 2.24) is 0 Å². The van der Waals surface area contributed by atoms with E-state index in [1.54, 1.807) is 0 Å². The van der Waals surface area contributed by atoms with Crippen LogP contribution in [0.15, 0.2) is 36.5 Å². The molecule has 0 aliphatic carbocycles. The number of hydrogen-bond donors (Lipinski definition) is 0. The monoisotopic (exact) mass is 205 g/mol. The molecule has 0 fully saturated rings. The van der Waals surface area contributed by atoms with Crippen molar-refractivity contribution in [3.63, 3.8) is 0 Å². The Labute approximate surface area is 95.8 Å². The van der Waals surface area contributed by atoms with E-state index < -0.39 is 0 Å². The molecule has 0 unspecified atom stereocenters. The van der Waals surface area contributed by atoms with Crippen molar-refractivity contribution in [2.24, 2.45) is 0 Å². The van der Waals surface area contributed by atoms with Crippen LogP contribution in [0, 0.1) is 6.92 Å². The SMILES string of the molecule is [CH2]CCCCC=CC=CC=CCCCC. The van der Waals surface area contributed by atoms with Crippen molar-refractivity contribution in [2.75, 3.05) is 0 Å². The summed E-state index contributed by atoms with van der Waals surface area (Å²) in [6, 6.07) is 0. The predicted octanol–water partition coefficient (Wildman–Crippen LogP) is 5.24. The van der Waals surface area contributed by atoms with Gasteiger partial charge in [0.25, 0.3) is 0 Å². The molecule has 0 spiro atoms. The molecule has 0 aromatic heterocycles. The van der Waals surface area contributed by atoms with E-state index in [2.05, 4.69) is 50.3 Å². The third kappa shape index (κ3) is 13.2. The third-order valence-corrected chi connectivity index (χ3v) is 2.20. The van der Waals surface area contributed by atoms with Crippen molar-refractivity contribution in [2.45, 2.75) is 51.9 Å². The number of hydrogen-bond acceptors (Lipinski definition) is 0. The highest BCUT2D eigenvalue weighted by Gasteiger charge is 1.79. The van der Waals surface area contributed by atoms with Crippen LogP contribution >= 0.6 is 0 Å². The Morgan fingerprint density at radius 1 is 0.800 bits per heavy atom. The topological polar surface area (TPSA) is 0 Å². The predicted molar refractivity (Wildman–Crippen MR) is 70.8 cm³/mol. The molecule has 0 bridgehead atoms. The maximum atomic E-state index is 3.82. The highest BCUT2D eigenvalue weighted by Crippen LogP contribution is 1.99. The quantitative estimate of drug-likeness (QED) is 0.357. The summed E-state index contributed by atoms with van der Waals surface area (Å²) in [6.45, 7) is 6.04. The Hall–Kier alpha value is -0.780. The Kier molecular flexibility index (Phi) is 12.5. The van der Waals surface area contributed by atoms with Crippen LogP contribution in [0.5, 0.6) is 0 Å². The van der Waals surface area contributed by atoms with Crippen molar-refractivity contribution >= 4 is 0 Å². The standard InChI is InChI=1S/C15H25/c1-3-5-7-9-11-13-15-14-12-10-8-6-4-2/h10-15H,1,3-9H2,2H3. The second kappa shape index (κ2) is 13.2. The summed E-state index contributed by atoms with van der Waals surface area (Å²) >= 11 is 0. The molecule has 0 aliphatic rings. The molecule has 0 N–H and O–H groups in total. The Balaban J connectivity index is 3.32. The van der Waals surface area contributed by atoms with Gasteiger partial charge in [-0.25, -0.2) is 0 Å². The molecule has 0 heteroatoms. The van der Waals surface area contributed by atoms with E-state index >= 15 is 0 Å². The first kappa shape index (κ1) is 14.2. The van der Waals surface area contributed by atoms with Crippen LogP contribution in [-0.2, 0) is 0 Å². The summed E-state index contributed by atoms with van der Waals surface area (Å²) in [5, 5.41) is 0. The summed E-state index contributed by atoms with van der Waals surface area (Å²) in [6.07, 6.45) is 21.5. The summed E-state index contributed by atoms with van der Waals surface area (Å²) in [4.78, 5) is 0. The first-order chi connectivity index (χ1) is 7.41. The number of allylic oxidation sites excluding steroid dienone is 6. The van der Waals surface area contributed by atoms with Gasteiger partial charge in [-0.3, -0.25) is 0 Å². The molecular weight excluding hydrogens is 180 g/mol. The first-order valence-electron chi connectivity index (χ1n) is 6.19. The van der Waals surface area contributed by atoms with E-state index in [-0.39, 0.29) is 0 Å². The molecule has 0 nitrogen and oxygen atoms in total. The molecule has 0 amide bonds. The van der Waals surface area contributed by atoms with Gasteiger partial charge in [0.05, 0.1) is 0 Å². The zero-order valence-corrected chi connectivity index (χ0v) is 10.1. The maximum Gasteiger partial charge on any atom is -0.0348 e. The van der Waals surface area contributed by atoms with Crippen molar-refractivity contribution in [1.29, 1.82) is 0 Å². The second-order valence-corrected chi connectivity index (χ2v) is 3.73. The molecule has 15 heavy (non-hydrogen) atoms. The van der Waals surface area contributed by atoms with Crippen LogP contribution < -0.4 is 0 Å². The molecule has 1 radical (unpaired) electrons. The minimum atomic E-state index is 1.06. The lowest BCUT2D eigenvalue weighted by Crippen LogP contribution is -1.69. The fourth-order valence-electron chi connectivity index (χ4n) is 1.24. The minimum Gasteiger partial charge on any atom is -0.0845 e. The molecule has 0 saturated heterocycles. The van der Waals surface area contributed by atoms with E-state index in [0.29, 0.717) is 0 Å². The van der Waals surface area contributed by atoms with Gasteiger partial charge in [0, 0.05) is 0 Å². The minimum absolute atomic E-state index is 1.06. The van der Waals surface area contributed by atoms with Gasteiger partial charge in [-0.05, 0) is 19.3 Å². The molecule has 85 valence electrons. The molecule has 0 atom stereocenters. The number of unbranched alkanes of at least 4 members (excludes halogenated alkanes) is 5. The second-order valence-electron chi connectivity index (χ2n) is 3.73. The number of rotatable bonds is 9. The van der Waals surface area contributed by atoms with Gasteiger partial charge in [-0.1, -0.05) is 76.0 Å². The molecule has 0 aromatic rings. The van der Waals surface area contributed by atoms with Crippen molar-refractivity contribution in [3.8, 4) is 0 Å². The fraction of sp³-hybridized carbons (Fsp3) is 0.533. The lowest BCUT2D eigenvalue weighted by atomic mass is 10.2. The van der Waals surface area contributed by atoms with Crippen LogP contribution in [0.3, 0.4) is 0 Å². The molecule has 0 aromatic carbocycles. The highest BCUT2D eigenvalue weighted by molar-refractivity contribution is 5.10. The zero-order chi connectivity index (χ0) is 11.2. The summed E-state index contributed by atoms with van der Waals surface area (Å²) in [5.74, 6) is 0. The average Bonchev–Trinajstić information content (AvgIpc) is 2.26. The van der Waals surface area contributed by atoms with Crippen molar-refractivity contribution < 1.29 is 0 Å². The van der Waals surface area contributed by atoms with E-state index in [0.717, 1.165) is 6.42 Å². The lowest BCUT2D eigenvalue weighted by Gasteiger charge is -1.89. The van der Waals surface area contributed by atoms with Gasteiger partial charge in [0.15, 0.2) is 0 Å². The summed E-state index contributed by atoms with van der Waals surface area (Å²) in [5.41, 5.74) is 0. The Morgan fingerprint density at radius 3 is 1.93 bits per heavy atom.